The average molecular weight is 271 g/mol. The maximum Gasteiger partial charge on any atom is 0.133 e. The van der Waals surface area contributed by atoms with Gasteiger partial charge in [0.05, 0.1) is 0 Å². The molecule has 0 aliphatic heterocycles. The van der Waals surface area contributed by atoms with Crippen molar-refractivity contribution in [3.8, 4) is 5.75 Å². The third kappa shape index (κ3) is 4.47. The lowest BCUT2D eigenvalue weighted by Crippen LogP contribution is -2.30. The first-order valence-electron chi connectivity index (χ1n) is 4.83. The molecule has 0 saturated heterocycles. The molecule has 0 atom stereocenters. The summed E-state index contributed by atoms with van der Waals surface area (Å²) in [5, 5.41) is 0. The van der Waals surface area contributed by atoms with Gasteiger partial charge in [-0.25, -0.2) is 0 Å². The normalized spacial score (nSPS) is 11.2. The maximum absolute atomic E-state index is 11.0. The Hall–Kier alpha value is -0.830. The van der Waals surface area contributed by atoms with Crippen LogP contribution in [-0.2, 0) is 4.79 Å². The van der Waals surface area contributed by atoms with Gasteiger partial charge in [0.1, 0.15) is 17.1 Å². The van der Waals surface area contributed by atoms with E-state index >= 15 is 0 Å². The minimum Gasteiger partial charge on any atom is -0.487 e. The van der Waals surface area contributed by atoms with Crippen molar-refractivity contribution in [3.63, 3.8) is 0 Å². The van der Waals surface area contributed by atoms with Gasteiger partial charge in [0, 0.05) is 10.9 Å². The molecule has 15 heavy (non-hydrogen) atoms. The van der Waals surface area contributed by atoms with E-state index in [1.807, 2.05) is 38.1 Å². The Balaban J connectivity index is 2.68. The van der Waals surface area contributed by atoms with Crippen LogP contribution in [0.3, 0.4) is 0 Å². The quantitative estimate of drug-likeness (QED) is 0.836. The summed E-state index contributed by atoms with van der Waals surface area (Å²) in [6.07, 6.45) is 0.420. The van der Waals surface area contributed by atoms with Crippen LogP contribution < -0.4 is 4.74 Å². The third-order valence-corrected chi connectivity index (χ3v) is 2.41. The summed E-state index contributed by atoms with van der Waals surface area (Å²) in [5.41, 5.74) is -0.445. The van der Waals surface area contributed by atoms with Gasteiger partial charge < -0.3 is 4.74 Å². The molecule has 0 heterocycles. The Bertz CT molecular complexity index is 341. The van der Waals surface area contributed by atoms with Crippen molar-refractivity contribution in [2.24, 2.45) is 0 Å². The monoisotopic (exact) mass is 270 g/mol. The molecule has 0 unspecified atom stereocenters. The molecule has 0 saturated carbocycles. The minimum absolute atomic E-state index is 0.136. The number of ketones is 1. The second-order valence-corrected chi connectivity index (χ2v) is 5.11. The zero-order chi connectivity index (χ0) is 11.5. The number of rotatable bonds is 4. The summed E-state index contributed by atoms with van der Waals surface area (Å²) in [4.78, 5) is 11.0. The number of hydrogen-bond donors (Lipinski definition) is 0. The van der Waals surface area contributed by atoms with Gasteiger partial charge in [0.2, 0.25) is 0 Å². The fourth-order valence-electron chi connectivity index (χ4n) is 1.46. The van der Waals surface area contributed by atoms with Crippen molar-refractivity contribution < 1.29 is 9.53 Å². The molecular weight excluding hydrogens is 256 g/mol. The SMILES string of the molecule is CC(=O)CC(C)(C)Oc1ccc(Br)cc1. The minimum atomic E-state index is -0.445. The van der Waals surface area contributed by atoms with Crippen molar-refractivity contribution in [1.29, 1.82) is 0 Å². The van der Waals surface area contributed by atoms with Crippen LogP contribution in [-0.4, -0.2) is 11.4 Å². The summed E-state index contributed by atoms with van der Waals surface area (Å²) in [5.74, 6) is 0.918. The third-order valence-electron chi connectivity index (χ3n) is 1.88. The Kier molecular flexibility index (Phi) is 3.91. The molecule has 0 bridgehead atoms. The predicted octanol–water partition coefficient (Wildman–Crippen LogP) is 3.59. The van der Waals surface area contributed by atoms with Crippen molar-refractivity contribution in [1.82, 2.24) is 0 Å². The molecule has 3 heteroatoms. The highest BCUT2D eigenvalue weighted by molar-refractivity contribution is 9.10. The van der Waals surface area contributed by atoms with Gasteiger partial charge in [-0.2, -0.15) is 0 Å². The first kappa shape index (κ1) is 12.2. The molecule has 0 aliphatic carbocycles. The number of ether oxygens (including phenoxy) is 1. The highest BCUT2D eigenvalue weighted by Crippen LogP contribution is 2.23. The first-order valence-corrected chi connectivity index (χ1v) is 5.62. The van der Waals surface area contributed by atoms with E-state index in [0.29, 0.717) is 6.42 Å². The molecule has 0 aliphatic rings. The van der Waals surface area contributed by atoms with E-state index in [0.717, 1.165) is 10.2 Å². The van der Waals surface area contributed by atoms with Crippen LogP contribution in [0, 0.1) is 0 Å². The van der Waals surface area contributed by atoms with Crippen LogP contribution in [0.2, 0.25) is 0 Å². The lowest BCUT2D eigenvalue weighted by molar-refractivity contribution is -0.120. The molecule has 2 nitrogen and oxygen atoms in total. The molecule has 82 valence electrons. The van der Waals surface area contributed by atoms with Crippen molar-refractivity contribution in [3.05, 3.63) is 28.7 Å². The van der Waals surface area contributed by atoms with Gasteiger partial charge in [-0.05, 0) is 45.0 Å². The number of benzene rings is 1. The Morgan fingerprint density at radius 2 is 1.87 bits per heavy atom. The highest BCUT2D eigenvalue weighted by atomic mass is 79.9. The average Bonchev–Trinajstić information content (AvgIpc) is 2.06. The fraction of sp³-hybridized carbons (Fsp3) is 0.417. The van der Waals surface area contributed by atoms with Gasteiger partial charge in [-0.15, -0.1) is 0 Å². The van der Waals surface area contributed by atoms with Gasteiger partial charge in [0.25, 0.3) is 0 Å². The van der Waals surface area contributed by atoms with Gasteiger partial charge in [-0.3, -0.25) is 4.79 Å². The molecule has 0 amide bonds. The number of Topliss-reactive ketones (excluding diaryl/α,β-unsaturated/α-hetero) is 1. The van der Waals surface area contributed by atoms with Gasteiger partial charge >= 0.3 is 0 Å². The van der Waals surface area contributed by atoms with Gasteiger partial charge in [0.15, 0.2) is 0 Å². The van der Waals surface area contributed by atoms with Crippen molar-refractivity contribution in [2.75, 3.05) is 0 Å². The van der Waals surface area contributed by atoms with E-state index in [2.05, 4.69) is 15.9 Å². The van der Waals surface area contributed by atoms with E-state index in [9.17, 15) is 4.79 Å². The number of carbonyl (C=O) groups is 1. The van der Waals surface area contributed by atoms with E-state index < -0.39 is 5.60 Å². The number of carbonyl (C=O) groups excluding carboxylic acids is 1. The Morgan fingerprint density at radius 3 is 2.33 bits per heavy atom. The van der Waals surface area contributed by atoms with Crippen molar-refractivity contribution in [2.45, 2.75) is 32.8 Å². The Morgan fingerprint density at radius 1 is 1.33 bits per heavy atom. The fourth-order valence-corrected chi connectivity index (χ4v) is 1.72. The second kappa shape index (κ2) is 4.79. The molecular formula is C12H15BrO2. The Labute approximate surface area is 98.8 Å². The summed E-state index contributed by atoms with van der Waals surface area (Å²) in [6.45, 7) is 5.40. The molecule has 0 N–H and O–H groups in total. The summed E-state index contributed by atoms with van der Waals surface area (Å²) in [7, 11) is 0. The van der Waals surface area contributed by atoms with Crippen LogP contribution in [0.4, 0.5) is 0 Å². The van der Waals surface area contributed by atoms with Gasteiger partial charge in [-0.1, -0.05) is 15.9 Å². The first-order chi connectivity index (χ1) is 6.89. The largest absolute Gasteiger partial charge is 0.487 e. The van der Waals surface area contributed by atoms with E-state index in [1.165, 1.54) is 0 Å². The summed E-state index contributed by atoms with van der Waals surface area (Å²) in [6, 6.07) is 7.59. The van der Waals surface area contributed by atoms with E-state index in [1.54, 1.807) is 6.92 Å². The predicted molar refractivity (Wildman–Crippen MR) is 64.1 cm³/mol. The summed E-state index contributed by atoms with van der Waals surface area (Å²) >= 11 is 3.36. The van der Waals surface area contributed by atoms with Crippen LogP contribution in [0.25, 0.3) is 0 Å². The topological polar surface area (TPSA) is 26.3 Å². The lowest BCUT2D eigenvalue weighted by atomic mass is 10.0. The van der Waals surface area contributed by atoms with E-state index in [4.69, 9.17) is 4.74 Å². The second-order valence-electron chi connectivity index (χ2n) is 4.19. The molecule has 0 fully saturated rings. The van der Waals surface area contributed by atoms with Crippen LogP contribution in [0.5, 0.6) is 5.75 Å². The zero-order valence-electron chi connectivity index (χ0n) is 9.21. The van der Waals surface area contributed by atoms with Crippen LogP contribution in [0.1, 0.15) is 27.2 Å². The van der Waals surface area contributed by atoms with E-state index in [-0.39, 0.29) is 5.78 Å². The molecule has 0 aromatic heterocycles. The lowest BCUT2D eigenvalue weighted by Gasteiger charge is -2.25. The highest BCUT2D eigenvalue weighted by Gasteiger charge is 2.21. The van der Waals surface area contributed by atoms with Crippen LogP contribution in [0.15, 0.2) is 28.7 Å². The molecule has 1 rings (SSSR count). The molecule has 0 spiro atoms. The molecule has 1 aromatic rings. The molecule has 0 radical (unpaired) electrons. The standard InChI is InChI=1S/C12H15BrO2/c1-9(14)8-12(2,3)15-11-6-4-10(13)5-7-11/h4-7H,8H2,1-3H3. The van der Waals surface area contributed by atoms with Crippen molar-refractivity contribution >= 4 is 21.7 Å². The smallest absolute Gasteiger partial charge is 0.133 e. The number of halogens is 1. The zero-order valence-corrected chi connectivity index (χ0v) is 10.8. The van der Waals surface area contributed by atoms with Crippen LogP contribution >= 0.6 is 15.9 Å². The summed E-state index contributed by atoms with van der Waals surface area (Å²) < 4.78 is 6.74. The number of hydrogen-bond acceptors (Lipinski definition) is 2. The maximum atomic E-state index is 11.0. The molecule has 1 aromatic carbocycles.